The molecule has 8 heteroatoms. The summed E-state index contributed by atoms with van der Waals surface area (Å²) in [5, 5.41) is 11.1. The second kappa shape index (κ2) is 6.00. The molecule has 2 fully saturated rings. The Hall–Kier alpha value is -1.67. The first-order chi connectivity index (χ1) is 11.3. The standard InChI is InChI=1S/C16H27N5O3/c1-15(2)12(8-16(15,3)23-5)18-14(22)21-6-7-24-11(9-21)13-19-17-10-20(13)4/h10-12H,6-9H2,1-5H3,(H,18,22). The molecule has 1 aliphatic carbocycles. The Morgan fingerprint density at radius 3 is 2.79 bits per heavy atom. The van der Waals surface area contributed by atoms with Gasteiger partial charge in [-0.15, -0.1) is 10.2 Å². The Morgan fingerprint density at radius 2 is 2.21 bits per heavy atom. The number of hydrogen-bond donors (Lipinski definition) is 1. The van der Waals surface area contributed by atoms with Crippen molar-refractivity contribution in [1.82, 2.24) is 25.0 Å². The van der Waals surface area contributed by atoms with Gasteiger partial charge in [-0.1, -0.05) is 13.8 Å². The SMILES string of the molecule is COC1(C)CC(NC(=O)N2CCOC(c3nncn3C)C2)C1(C)C. The molecule has 3 rings (SSSR count). The zero-order valence-electron chi connectivity index (χ0n) is 15.1. The van der Waals surface area contributed by atoms with E-state index in [1.54, 1.807) is 18.3 Å². The van der Waals surface area contributed by atoms with Gasteiger partial charge in [0.05, 0.1) is 18.8 Å². The predicted octanol–water partition coefficient (Wildman–Crippen LogP) is 1.10. The molecule has 2 heterocycles. The highest BCUT2D eigenvalue weighted by Gasteiger charge is 2.58. The summed E-state index contributed by atoms with van der Waals surface area (Å²) in [6, 6.07) is 0.0489. The molecule has 1 saturated carbocycles. The monoisotopic (exact) mass is 337 g/mol. The normalized spacial score (nSPS) is 32.3. The lowest BCUT2D eigenvalue weighted by atomic mass is 9.56. The minimum absolute atomic E-state index is 0.0540. The molecule has 2 aliphatic rings. The molecule has 0 bridgehead atoms. The third-order valence-corrected chi connectivity index (χ3v) is 5.96. The molecule has 24 heavy (non-hydrogen) atoms. The molecule has 8 nitrogen and oxygen atoms in total. The molecule has 0 spiro atoms. The lowest BCUT2D eigenvalue weighted by Gasteiger charge is -2.59. The number of hydrogen-bond acceptors (Lipinski definition) is 5. The first-order valence-electron chi connectivity index (χ1n) is 8.34. The number of carbonyl (C=O) groups is 1. The maximum atomic E-state index is 12.7. The van der Waals surface area contributed by atoms with E-state index in [0.717, 1.165) is 12.2 Å². The molecule has 2 amide bonds. The number of carbonyl (C=O) groups excluding carboxylic acids is 1. The quantitative estimate of drug-likeness (QED) is 0.893. The van der Waals surface area contributed by atoms with E-state index in [0.29, 0.717) is 19.7 Å². The molecule has 1 N–H and O–H groups in total. The van der Waals surface area contributed by atoms with Crippen molar-refractivity contribution in [2.24, 2.45) is 12.5 Å². The lowest BCUT2D eigenvalue weighted by molar-refractivity contribution is -0.178. The highest BCUT2D eigenvalue weighted by molar-refractivity contribution is 5.75. The van der Waals surface area contributed by atoms with Crippen molar-refractivity contribution in [1.29, 1.82) is 0 Å². The van der Waals surface area contributed by atoms with Gasteiger partial charge in [-0.25, -0.2) is 4.79 Å². The molecule has 3 unspecified atom stereocenters. The number of aryl methyl sites for hydroxylation is 1. The minimum atomic E-state index is -0.240. The van der Waals surface area contributed by atoms with Gasteiger partial charge in [0.25, 0.3) is 0 Å². The predicted molar refractivity (Wildman–Crippen MR) is 87.4 cm³/mol. The van der Waals surface area contributed by atoms with Crippen LogP contribution in [0.2, 0.25) is 0 Å². The Kier molecular flexibility index (Phi) is 4.29. The van der Waals surface area contributed by atoms with Crippen LogP contribution in [0.25, 0.3) is 0 Å². The molecule has 1 aromatic heterocycles. The van der Waals surface area contributed by atoms with E-state index < -0.39 is 0 Å². The molecule has 1 aliphatic heterocycles. The van der Waals surface area contributed by atoms with Crippen LogP contribution in [0.1, 0.15) is 39.1 Å². The summed E-state index contributed by atoms with van der Waals surface area (Å²) in [7, 11) is 3.60. The number of rotatable bonds is 3. The van der Waals surface area contributed by atoms with Gasteiger partial charge in [-0.05, 0) is 13.3 Å². The van der Waals surface area contributed by atoms with E-state index in [1.165, 1.54) is 0 Å². The number of amides is 2. The van der Waals surface area contributed by atoms with E-state index in [4.69, 9.17) is 9.47 Å². The smallest absolute Gasteiger partial charge is 0.317 e. The van der Waals surface area contributed by atoms with E-state index >= 15 is 0 Å². The summed E-state index contributed by atoms with van der Waals surface area (Å²) in [5.41, 5.74) is -0.302. The third-order valence-electron chi connectivity index (χ3n) is 5.96. The first-order valence-corrected chi connectivity index (χ1v) is 8.34. The maximum absolute atomic E-state index is 12.7. The summed E-state index contributed by atoms with van der Waals surface area (Å²) in [6.45, 7) is 7.91. The van der Waals surface area contributed by atoms with Crippen LogP contribution in [-0.4, -0.2) is 64.1 Å². The molecule has 0 aromatic carbocycles. The van der Waals surface area contributed by atoms with Gasteiger partial charge in [0.2, 0.25) is 0 Å². The summed E-state index contributed by atoms with van der Waals surface area (Å²) in [6.07, 6.45) is 2.22. The number of aromatic nitrogens is 3. The van der Waals surface area contributed by atoms with Gasteiger partial charge >= 0.3 is 6.03 Å². The van der Waals surface area contributed by atoms with Crippen LogP contribution in [0.5, 0.6) is 0 Å². The van der Waals surface area contributed by atoms with Crippen molar-refractivity contribution >= 4 is 6.03 Å². The summed E-state index contributed by atoms with van der Waals surface area (Å²) >= 11 is 0. The molecule has 1 saturated heterocycles. The van der Waals surface area contributed by atoms with Gasteiger partial charge in [0.15, 0.2) is 5.82 Å². The van der Waals surface area contributed by atoms with Crippen LogP contribution in [0.4, 0.5) is 4.79 Å². The van der Waals surface area contributed by atoms with E-state index in [1.807, 2.05) is 11.6 Å². The molecular formula is C16H27N5O3. The van der Waals surface area contributed by atoms with Gasteiger partial charge in [-0.3, -0.25) is 0 Å². The number of nitrogens with one attached hydrogen (secondary N) is 1. The van der Waals surface area contributed by atoms with Crippen molar-refractivity contribution in [2.45, 2.75) is 44.9 Å². The fraction of sp³-hybridized carbons (Fsp3) is 0.812. The Morgan fingerprint density at radius 1 is 1.46 bits per heavy atom. The third kappa shape index (κ3) is 2.67. The average molecular weight is 337 g/mol. The highest BCUT2D eigenvalue weighted by Crippen LogP contribution is 2.51. The Balaban J connectivity index is 1.61. The van der Waals surface area contributed by atoms with Gasteiger partial charge in [-0.2, -0.15) is 0 Å². The topological polar surface area (TPSA) is 81.5 Å². The zero-order valence-corrected chi connectivity index (χ0v) is 15.1. The largest absolute Gasteiger partial charge is 0.378 e. The van der Waals surface area contributed by atoms with Gasteiger partial charge in [0.1, 0.15) is 12.4 Å². The Labute approximate surface area is 142 Å². The number of nitrogens with zero attached hydrogens (tertiary/aromatic N) is 4. The van der Waals surface area contributed by atoms with Crippen molar-refractivity contribution in [3.8, 4) is 0 Å². The van der Waals surface area contributed by atoms with Crippen LogP contribution < -0.4 is 5.32 Å². The maximum Gasteiger partial charge on any atom is 0.317 e. The van der Waals surface area contributed by atoms with E-state index in [2.05, 4.69) is 36.3 Å². The fourth-order valence-electron chi connectivity index (χ4n) is 3.54. The molecule has 3 atom stereocenters. The fourth-order valence-corrected chi connectivity index (χ4v) is 3.54. The molecule has 0 radical (unpaired) electrons. The lowest BCUT2D eigenvalue weighted by Crippen LogP contribution is -2.69. The van der Waals surface area contributed by atoms with Gasteiger partial charge in [0, 0.05) is 32.2 Å². The highest BCUT2D eigenvalue weighted by atomic mass is 16.5. The zero-order chi connectivity index (χ0) is 17.5. The van der Waals surface area contributed by atoms with Crippen LogP contribution in [0.15, 0.2) is 6.33 Å². The number of ether oxygens (including phenoxy) is 2. The van der Waals surface area contributed by atoms with Crippen LogP contribution in [0.3, 0.4) is 0 Å². The van der Waals surface area contributed by atoms with Crippen LogP contribution in [0, 0.1) is 5.41 Å². The Bertz CT molecular complexity index is 617. The number of methoxy groups -OCH3 is 1. The second-order valence-electron chi connectivity index (χ2n) is 7.47. The van der Waals surface area contributed by atoms with Crippen LogP contribution >= 0.6 is 0 Å². The minimum Gasteiger partial charge on any atom is -0.378 e. The van der Waals surface area contributed by atoms with Crippen LogP contribution in [-0.2, 0) is 16.5 Å². The molecule has 134 valence electrons. The van der Waals surface area contributed by atoms with Crippen molar-refractivity contribution < 1.29 is 14.3 Å². The van der Waals surface area contributed by atoms with Crippen molar-refractivity contribution in [3.05, 3.63) is 12.2 Å². The average Bonchev–Trinajstić information content (AvgIpc) is 3.00. The van der Waals surface area contributed by atoms with Crippen molar-refractivity contribution in [2.75, 3.05) is 26.8 Å². The number of urea groups is 1. The second-order valence-corrected chi connectivity index (χ2v) is 7.47. The first kappa shape index (κ1) is 17.2. The summed E-state index contributed by atoms with van der Waals surface area (Å²) < 4.78 is 13.2. The summed E-state index contributed by atoms with van der Waals surface area (Å²) in [5.74, 6) is 0.739. The molecular weight excluding hydrogens is 310 g/mol. The summed E-state index contributed by atoms with van der Waals surface area (Å²) in [4.78, 5) is 14.5. The van der Waals surface area contributed by atoms with Gasteiger partial charge < -0.3 is 24.3 Å². The number of morpholine rings is 1. The molecule has 1 aromatic rings. The van der Waals surface area contributed by atoms with E-state index in [9.17, 15) is 4.79 Å². The van der Waals surface area contributed by atoms with E-state index in [-0.39, 0.29) is 29.2 Å². The van der Waals surface area contributed by atoms with Crippen molar-refractivity contribution in [3.63, 3.8) is 0 Å².